The molecule has 0 saturated carbocycles. The summed E-state index contributed by atoms with van der Waals surface area (Å²) in [5, 5.41) is 15.9. The summed E-state index contributed by atoms with van der Waals surface area (Å²) in [6.45, 7) is 4.30. The van der Waals surface area contributed by atoms with E-state index in [1.54, 1.807) is 24.3 Å². The van der Waals surface area contributed by atoms with E-state index in [-0.39, 0.29) is 23.0 Å². The lowest BCUT2D eigenvalue weighted by atomic mass is 9.90. The summed E-state index contributed by atoms with van der Waals surface area (Å²) in [5.74, 6) is -0.694. The SMILES string of the molecule is O=C1c2ccccc2C(=O)c2c1n[n+]([O-])n2CCCN1CCOCC1. The Morgan fingerprint density at radius 3 is 2.48 bits per heavy atom. The number of ether oxygens (including phenoxy) is 1. The Balaban J connectivity index is 1.57. The molecular formula is C17H18N4O4. The van der Waals surface area contributed by atoms with Gasteiger partial charge in [-0.3, -0.25) is 14.5 Å². The molecule has 1 aromatic heterocycles. The van der Waals surface area contributed by atoms with Crippen LogP contribution in [0.25, 0.3) is 0 Å². The molecule has 1 aromatic carbocycles. The Hall–Kier alpha value is -2.58. The van der Waals surface area contributed by atoms with E-state index in [9.17, 15) is 14.8 Å². The van der Waals surface area contributed by atoms with Crippen molar-refractivity contribution in [2.24, 2.45) is 0 Å². The molecule has 0 atom stereocenters. The van der Waals surface area contributed by atoms with E-state index >= 15 is 0 Å². The molecule has 25 heavy (non-hydrogen) atoms. The van der Waals surface area contributed by atoms with Gasteiger partial charge in [0.25, 0.3) is 0 Å². The first-order chi connectivity index (χ1) is 12.2. The molecule has 8 heteroatoms. The maximum absolute atomic E-state index is 12.8. The minimum Gasteiger partial charge on any atom is -0.571 e. The Bertz CT molecular complexity index is 839. The molecule has 2 aromatic rings. The Morgan fingerprint density at radius 2 is 1.76 bits per heavy atom. The summed E-state index contributed by atoms with van der Waals surface area (Å²) in [6, 6.07) is 6.60. The van der Waals surface area contributed by atoms with E-state index in [0.717, 1.165) is 19.6 Å². The fourth-order valence-electron chi connectivity index (χ4n) is 3.37. The number of carbonyl (C=O) groups excluding carboxylic acids is 2. The Morgan fingerprint density at radius 1 is 1.08 bits per heavy atom. The second-order valence-corrected chi connectivity index (χ2v) is 6.18. The van der Waals surface area contributed by atoms with Crippen LogP contribution in [0.2, 0.25) is 0 Å². The number of fused-ring (bicyclic) bond motifs is 2. The van der Waals surface area contributed by atoms with Crippen molar-refractivity contribution in [3.63, 3.8) is 0 Å². The molecule has 130 valence electrons. The van der Waals surface area contributed by atoms with Gasteiger partial charge in [0.2, 0.25) is 17.3 Å². The zero-order chi connectivity index (χ0) is 17.4. The van der Waals surface area contributed by atoms with Crippen molar-refractivity contribution in [3.8, 4) is 0 Å². The molecule has 0 spiro atoms. The van der Waals surface area contributed by atoms with Crippen molar-refractivity contribution in [3.05, 3.63) is 52.0 Å². The highest BCUT2D eigenvalue weighted by Gasteiger charge is 2.38. The van der Waals surface area contributed by atoms with Crippen molar-refractivity contribution >= 4 is 11.6 Å². The highest BCUT2D eigenvalue weighted by molar-refractivity contribution is 6.26. The first kappa shape index (κ1) is 15.9. The minimum atomic E-state index is -0.373. The zero-order valence-electron chi connectivity index (χ0n) is 13.7. The average molecular weight is 342 g/mol. The molecule has 1 aliphatic carbocycles. The predicted octanol–water partition coefficient (Wildman–Crippen LogP) is 0.0142. The molecule has 1 fully saturated rings. The number of carbonyl (C=O) groups is 2. The van der Waals surface area contributed by atoms with E-state index in [2.05, 4.69) is 10.00 Å². The van der Waals surface area contributed by atoms with Gasteiger partial charge in [0.15, 0.2) is 5.69 Å². The lowest BCUT2D eigenvalue weighted by Gasteiger charge is -2.26. The molecule has 4 rings (SSSR count). The first-order valence-corrected chi connectivity index (χ1v) is 8.36. The number of hydrogen-bond acceptors (Lipinski definition) is 6. The number of rotatable bonds is 4. The summed E-state index contributed by atoms with van der Waals surface area (Å²) in [4.78, 5) is 27.9. The van der Waals surface area contributed by atoms with E-state index in [4.69, 9.17) is 4.74 Å². The fraction of sp³-hybridized carbons (Fsp3) is 0.412. The fourth-order valence-corrected chi connectivity index (χ4v) is 3.37. The van der Waals surface area contributed by atoms with Crippen LogP contribution in [0.1, 0.15) is 38.5 Å². The molecule has 1 aliphatic heterocycles. The molecule has 0 bridgehead atoms. The van der Waals surface area contributed by atoms with E-state index in [1.807, 2.05) is 0 Å². The molecule has 0 N–H and O–H groups in total. The van der Waals surface area contributed by atoms with Crippen molar-refractivity contribution in [1.82, 2.24) is 14.7 Å². The van der Waals surface area contributed by atoms with Gasteiger partial charge < -0.3 is 9.94 Å². The van der Waals surface area contributed by atoms with Crippen LogP contribution in [0, 0.1) is 5.21 Å². The molecule has 0 unspecified atom stereocenters. The quantitative estimate of drug-likeness (QED) is 0.490. The van der Waals surface area contributed by atoms with E-state index in [0.29, 0.717) is 42.3 Å². The van der Waals surface area contributed by atoms with Crippen molar-refractivity contribution < 1.29 is 19.3 Å². The third-order valence-corrected chi connectivity index (χ3v) is 4.67. The van der Waals surface area contributed by atoms with Crippen LogP contribution in [0.5, 0.6) is 0 Å². The molecule has 2 heterocycles. The molecule has 8 nitrogen and oxygen atoms in total. The topological polar surface area (TPSA) is 91.4 Å². The third kappa shape index (κ3) is 2.73. The van der Waals surface area contributed by atoms with Gasteiger partial charge in [-0.05, 0) is 6.42 Å². The van der Waals surface area contributed by atoms with Gasteiger partial charge in [0.1, 0.15) is 0 Å². The van der Waals surface area contributed by atoms with Crippen LogP contribution in [0.3, 0.4) is 0 Å². The number of morpholine rings is 1. The van der Waals surface area contributed by atoms with Crippen LogP contribution in [0.4, 0.5) is 0 Å². The second kappa shape index (κ2) is 6.38. The number of benzene rings is 1. The van der Waals surface area contributed by atoms with Gasteiger partial charge in [-0.2, -0.15) is 0 Å². The highest BCUT2D eigenvalue weighted by Crippen LogP contribution is 2.25. The van der Waals surface area contributed by atoms with Crippen LogP contribution in [-0.4, -0.2) is 59.1 Å². The Labute approximate surface area is 144 Å². The van der Waals surface area contributed by atoms with Crippen molar-refractivity contribution in [2.45, 2.75) is 13.0 Å². The number of ketones is 2. The van der Waals surface area contributed by atoms with Crippen molar-refractivity contribution in [2.75, 3.05) is 32.8 Å². The van der Waals surface area contributed by atoms with Crippen LogP contribution in [-0.2, 0) is 11.3 Å². The third-order valence-electron chi connectivity index (χ3n) is 4.67. The Kier molecular flexibility index (Phi) is 4.06. The van der Waals surface area contributed by atoms with Gasteiger partial charge in [0.05, 0.1) is 19.8 Å². The van der Waals surface area contributed by atoms with E-state index < -0.39 is 0 Å². The summed E-state index contributed by atoms with van der Waals surface area (Å²) >= 11 is 0. The zero-order valence-corrected chi connectivity index (χ0v) is 13.7. The van der Waals surface area contributed by atoms with Crippen LogP contribution >= 0.6 is 0 Å². The molecule has 1 saturated heterocycles. The highest BCUT2D eigenvalue weighted by atomic mass is 16.5. The maximum Gasteiger partial charge on any atom is 0.220 e. The summed E-state index contributed by atoms with van der Waals surface area (Å²) in [7, 11) is 0. The average Bonchev–Trinajstić information content (AvgIpc) is 2.98. The number of nitrogens with zero attached hydrogens (tertiary/aromatic N) is 4. The first-order valence-electron chi connectivity index (χ1n) is 8.36. The van der Waals surface area contributed by atoms with Crippen molar-refractivity contribution in [1.29, 1.82) is 0 Å². The van der Waals surface area contributed by atoms with Crippen LogP contribution in [0.15, 0.2) is 24.3 Å². The smallest absolute Gasteiger partial charge is 0.220 e. The normalized spacial score (nSPS) is 17.4. The van der Waals surface area contributed by atoms with Gasteiger partial charge in [-0.1, -0.05) is 24.3 Å². The van der Waals surface area contributed by atoms with E-state index in [1.165, 1.54) is 4.68 Å². The maximum atomic E-state index is 12.8. The standard InChI is InChI=1S/C17H18N4O4/c22-16-12-4-1-2-5-13(12)17(23)15-14(16)18-21(24)20(15)7-3-6-19-8-10-25-11-9-19/h1-2,4-5H,3,6-11H2. The molecule has 2 aliphatic rings. The molecular weight excluding hydrogens is 324 g/mol. The van der Waals surface area contributed by atoms with Crippen LogP contribution < -0.4 is 4.96 Å². The number of aromatic nitrogens is 3. The molecule has 0 radical (unpaired) electrons. The minimum absolute atomic E-state index is 0.0509. The number of hydrogen-bond donors (Lipinski definition) is 0. The van der Waals surface area contributed by atoms with Gasteiger partial charge >= 0.3 is 0 Å². The van der Waals surface area contributed by atoms with Gasteiger partial charge in [0, 0.05) is 40.8 Å². The van der Waals surface area contributed by atoms with Gasteiger partial charge in [-0.15, -0.1) is 4.68 Å². The summed E-state index contributed by atoms with van der Waals surface area (Å²) in [6.07, 6.45) is 0.689. The second-order valence-electron chi connectivity index (χ2n) is 6.18. The predicted molar refractivity (Wildman–Crippen MR) is 86.4 cm³/mol. The summed E-state index contributed by atoms with van der Waals surface area (Å²) < 4.78 is 6.58. The lowest BCUT2D eigenvalue weighted by Crippen LogP contribution is -2.42. The summed E-state index contributed by atoms with van der Waals surface area (Å²) in [5.41, 5.74) is 0.680. The van der Waals surface area contributed by atoms with Gasteiger partial charge in [-0.25, -0.2) is 0 Å². The monoisotopic (exact) mass is 342 g/mol. The largest absolute Gasteiger partial charge is 0.571 e. The lowest BCUT2D eigenvalue weighted by molar-refractivity contribution is -0.749. The molecule has 0 amide bonds.